The molecule has 1 amide bonds. The van der Waals surface area contributed by atoms with E-state index >= 15 is 0 Å². The summed E-state index contributed by atoms with van der Waals surface area (Å²) >= 11 is 0. The number of nitro benzene ring substituents is 1. The third-order valence-corrected chi connectivity index (χ3v) is 5.59. The van der Waals surface area contributed by atoms with E-state index in [4.69, 9.17) is 4.74 Å². The predicted molar refractivity (Wildman–Crippen MR) is 101 cm³/mol. The minimum Gasteiger partial charge on any atom is -0.445 e. The molecule has 1 saturated heterocycles. The smallest absolute Gasteiger partial charge is 0.410 e. The van der Waals surface area contributed by atoms with E-state index in [-0.39, 0.29) is 28.7 Å². The van der Waals surface area contributed by atoms with Gasteiger partial charge in [-0.2, -0.15) is 0 Å². The van der Waals surface area contributed by atoms with Crippen molar-refractivity contribution in [1.82, 2.24) is 4.90 Å². The molecule has 2 aromatic rings. The maximum atomic E-state index is 12.4. The van der Waals surface area contributed by atoms with Crippen LogP contribution in [0.2, 0.25) is 0 Å². The standard InChI is InChI=1S/C20H21N3O4/c24-19(27-13-15-4-2-1-3-5-15)22-10-8-20(9-11-22)14-21-18-7-6-16(23(25)26)12-17(18)20/h1-7,12,21H,8-11,13-14H2. The van der Waals surface area contributed by atoms with Crippen LogP contribution < -0.4 is 5.32 Å². The highest BCUT2D eigenvalue weighted by molar-refractivity contribution is 5.69. The fourth-order valence-corrected chi connectivity index (χ4v) is 3.97. The molecule has 4 rings (SSSR count). The zero-order chi connectivity index (χ0) is 18.9. The molecule has 1 fully saturated rings. The minimum absolute atomic E-state index is 0.113. The number of carbonyl (C=O) groups excluding carboxylic acids is 1. The molecular weight excluding hydrogens is 346 g/mol. The van der Waals surface area contributed by atoms with E-state index in [1.54, 1.807) is 17.0 Å². The molecule has 7 nitrogen and oxygen atoms in total. The van der Waals surface area contributed by atoms with Crippen molar-refractivity contribution in [1.29, 1.82) is 0 Å². The molecule has 0 bridgehead atoms. The Morgan fingerprint density at radius 1 is 1.19 bits per heavy atom. The Morgan fingerprint density at radius 2 is 1.93 bits per heavy atom. The molecule has 2 aliphatic rings. The number of amides is 1. The van der Waals surface area contributed by atoms with Crippen LogP contribution in [0.15, 0.2) is 48.5 Å². The topological polar surface area (TPSA) is 84.7 Å². The highest BCUT2D eigenvalue weighted by Crippen LogP contribution is 2.45. The lowest BCUT2D eigenvalue weighted by Gasteiger charge is -2.38. The lowest BCUT2D eigenvalue weighted by Crippen LogP contribution is -2.46. The second-order valence-electron chi connectivity index (χ2n) is 7.15. The van der Waals surface area contributed by atoms with Crippen molar-refractivity contribution in [3.8, 4) is 0 Å². The van der Waals surface area contributed by atoms with Gasteiger partial charge < -0.3 is 15.0 Å². The number of carbonyl (C=O) groups is 1. The Morgan fingerprint density at radius 3 is 2.63 bits per heavy atom. The number of benzene rings is 2. The van der Waals surface area contributed by atoms with Crippen molar-refractivity contribution >= 4 is 17.5 Å². The fourth-order valence-electron chi connectivity index (χ4n) is 3.97. The van der Waals surface area contributed by atoms with Gasteiger partial charge in [-0.15, -0.1) is 0 Å². The first-order chi connectivity index (χ1) is 13.1. The number of ether oxygens (including phenoxy) is 1. The molecule has 7 heteroatoms. The summed E-state index contributed by atoms with van der Waals surface area (Å²) in [6.45, 7) is 2.17. The molecule has 2 aromatic carbocycles. The first kappa shape index (κ1) is 17.3. The van der Waals surface area contributed by atoms with Gasteiger partial charge in [-0.05, 0) is 30.0 Å². The van der Waals surface area contributed by atoms with Crippen molar-refractivity contribution in [2.75, 3.05) is 25.0 Å². The van der Waals surface area contributed by atoms with E-state index < -0.39 is 0 Å². The number of hydrogen-bond donors (Lipinski definition) is 1. The number of piperidine rings is 1. The number of likely N-dealkylation sites (tertiary alicyclic amines) is 1. The maximum absolute atomic E-state index is 12.4. The molecule has 2 aliphatic heterocycles. The number of rotatable bonds is 3. The maximum Gasteiger partial charge on any atom is 0.410 e. The number of nitrogens with one attached hydrogen (secondary N) is 1. The van der Waals surface area contributed by atoms with Crippen molar-refractivity contribution < 1.29 is 14.5 Å². The molecular formula is C20H21N3O4. The molecule has 0 atom stereocenters. The van der Waals surface area contributed by atoms with Crippen LogP contribution in [0, 0.1) is 10.1 Å². The average molecular weight is 367 g/mol. The van der Waals surface area contributed by atoms with Crippen LogP contribution in [0.4, 0.5) is 16.2 Å². The summed E-state index contributed by atoms with van der Waals surface area (Å²) in [7, 11) is 0. The Bertz CT molecular complexity index is 861. The zero-order valence-corrected chi connectivity index (χ0v) is 14.9. The van der Waals surface area contributed by atoms with Crippen LogP contribution in [-0.2, 0) is 16.8 Å². The summed E-state index contributed by atoms with van der Waals surface area (Å²) in [5.41, 5.74) is 2.87. The third kappa shape index (κ3) is 3.32. The van der Waals surface area contributed by atoms with Crippen molar-refractivity contribution in [3.05, 3.63) is 69.8 Å². The van der Waals surface area contributed by atoms with Gasteiger partial charge in [-0.25, -0.2) is 4.79 Å². The molecule has 0 radical (unpaired) electrons. The zero-order valence-electron chi connectivity index (χ0n) is 14.9. The lowest BCUT2D eigenvalue weighted by molar-refractivity contribution is -0.384. The van der Waals surface area contributed by atoms with Gasteiger partial charge in [-0.1, -0.05) is 30.3 Å². The van der Waals surface area contributed by atoms with Gasteiger partial charge in [0, 0.05) is 42.9 Å². The van der Waals surface area contributed by atoms with Crippen LogP contribution >= 0.6 is 0 Å². The number of hydrogen-bond acceptors (Lipinski definition) is 5. The van der Waals surface area contributed by atoms with Crippen molar-refractivity contribution in [2.24, 2.45) is 0 Å². The Kier molecular flexibility index (Phi) is 4.43. The van der Waals surface area contributed by atoms with Gasteiger partial charge in [0.25, 0.3) is 5.69 Å². The summed E-state index contributed by atoms with van der Waals surface area (Å²) in [5, 5.41) is 14.5. The van der Waals surface area contributed by atoms with Crippen molar-refractivity contribution in [3.63, 3.8) is 0 Å². The molecule has 2 heterocycles. The molecule has 1 N–H and O–H groups in total. The lowest BCUT2D eigenvalue weighted by atomic mass is 9.74. The monoisotopic (exact) mass is 367 g/mol. The van der Waals surface area contributed by atoms with Crippen molar-refractivity contribution in [2.45, 2.75) is 24.9 Å². The SMILES string of the molecule is O=C(OCc1ccccc1)N1CCC2(CC1)CNc1ccc([N+](=O)[O-])cc12. The summed E-state index contributed by atoms with van der Waals surface area (Å²) in [6.07, 6.45) is 1.21. The van der Waals surface area contributed by atoms with Crippen LogP contribution in [0.1, 0.15) is 24.0 Å². The third-order valence-electron chi connectivity index (χ3n) is 5.59. The number of non-ortho nitro benzene ring substituents is 1. The molecule has 1 spiro atoms. The first-order valence-electron chi connectivity index (χ1n) is 9.06. The average Bonchev–Trinajstić information content (AvgIpc) is 3.05. The highest BCUT2D eigenvalue weighted by Gasteiger charge is 2.43. The van der Waals surface area contributed by atoms with Gasteiger partial charge in [-0.3, -0.25) is 10.1 Å². The number of anilines is 1. The summed E-state index contributed by atoms with van der Waals surface area (Å²) < 4.78 is 5.42. The van der Waals surface area contributed by atoms with Gasteiger partial charge in [0.15, 0.2) is 0 Å². The number of fused-ring (bicyclic) bond motifs is 2. The largest absolute Gasteiger partial charge is 0.445 e. The van der Waals surface area contributed by atoms with Gasteiger partial charge in [0.05, 0.1) is 4.92 Å². The Labute approximate surface area is 157 Å². The van der Waals surface area contributed by atoms with E-state index in [2.05, 4.69) is 5.32 Å². The summed E-state index contributed by atoms with van der Waals surface area (Å²) in [4.78, 5) is 24.8. The highest BCUT2D eigenvalue weighted by atomic mass is 16.6. The molecule has 0 unspecified atom stereocenters. The Balaban J connectivity index is 1.40. The molecule has 0 saturated carbocycles. The van der Waals surface area contributed by atoms with E-state index in [1.165, 1.54) is 6.07 Å². The number of nitro groups is 1. The van der Waals surface area contributed by atoms with E-state index in [0.29, 0.717) is 13.1 Å². The van der Waals surface area contributed by atoms with E-state index in [9.17, 15) is 14.9 Å². The quantitative estimate of drug-likeness (QED) is 0.661. The van der Waals surface area contributed by atoms with Gasteiger partial charge in [0.2, 0.25) is 0 Å². The van der Waals surface area contributed by atoms with Crippen LogP contribution in [0.5, 0.6) is 0 Å². The van der Waals surface area contributed by atoms with Crippen LogP contribution in [0.3, 0.4) is 0 Å². The van der Waals surface area contributed by atoms with Crippen LogP contribution in [0.25, 0.3) is 0 Å². The summed E-state index contributed by atoms with van der Waals surface area (Å²) in [6, 6.07) is 14.6. The van der Waals surface area contributed by atoms with Gasteiger partial charge >= 0.3 is 6.09 Å². The summed E-state index contributed by atoms with van der Waals surface area (Å²) in [5.74, 6) is 0. The second kappa shape index (κ2) is 6.90. The van der Waals surface area contributed by atoms with Gasteiger partial charge in [0.1, 0.15) is 6.61 Å². The van der Waals surface area contributed by atoms with E-state index in [0.717, 1.165) is 36.2 Å². The number of nitrogens with zero attached hydrogens (tertiary/aromatic N) is 2. The fraction of sp³-hybridized carbons (Fsp3) is 0.350. The molecule has 0 aliphatic carbocycles. The van der Waals surface area contributed by atoms with E-state index in [1.807, 2.05) is 30.3 Å². The molecule has 27 heavy (non-hydrogen) atoms. The minimum atomic E-state index is -0.359. The predicted octanol–water partition coefficient (Wildman–Crippen LogP) is 3.69. The second-order valence-corrected chi connectivity index (χ2v) is 7.15. The van der Waals surface area contributed by atoms with Crippen LogP contribution in [-0.4, -0.2) is 35.6 Å². The molecule has 140 valence electrons. The Hall–Kier alpha value is -3.09. The normalized spacial score (nSPS) is 17.3. The molecule has 0 aromatic heterocycles. The first-order valence-corrected chi connectivity index (χ1v) is 9.06.